The molecule has 0 fully saturated rings. The van der Waals surface area contributed by atoms with Crippen LogP contribution in [0.4, 0.5) is 0 Å². The van der Waals surface area contributed by atoms with Crippen LogP contribution in [0.1, 0.15) is 28.7 Å². The van der Waals surface area contributed by atoms with Gasteiger partial charge in [-0.15, -0.1) is 0 Å². The standard InChI is InChI=1S/C10H14N2O5/c1-12-7(8(13)5-9(14)16-2)4-6(11-12)10(15)17-3/h4,8,13H,5H2,1-3H3/t8-/m0/s1. The van der Waals surface area contributed by atoms with Crippen molar-refractivity contribution in [2.45, 2.75) is 12.5 Å². The van der Waals surface area contributed by atoms with E-state index in [-0.39, 0.29) is 12.1 Å². The summed E-state index contributed by atoms with van der Waals surface area (Å²) in [5, 5.41) is 13.6. The fourth-order valence-electron chi connectivity index (χ4n) is 1.34. The monoisotopic (exact) mass is 242 g/mol. The van der Waals surface area contributed by atoms with Crippen molar-refractivity contribution >= 4 is 11.9 Å². The smallest absolute Gasteiger partial charge is 0.358 e. The number of aliphatic hydroxyl groups excluding tert-OH is 1. The van der Waals surface area contributed by atoms with Crippen LogP contribution in [-0.2, 0) is 21.3 Å². The number of aromatic nitrogens is 2. The molecule has 0 saturated carbocycles. The Morgan fingerprint density at radius 2 is 2.12 bits per heavy atom. The van der Waals surface area contributed by atoms with Gasteiger partial charge in [0.15, 0.2) is 5.69 Å². The number of carbonyl (C=O) groups excluding carboxylic acids is 2. The van der Waals surface area contributed by atoms with Gasteiger partial charge in [-0.25, -0.2) is 4.79 Å². The van der Waals surface area contributed by atoms with Gasteiger partial charge in [0.2, 0.25) is 0 Å². The third-order valence-electron chi connectivity index (χ3n) is 2.24. The Hall–Kier alpha value is -1.89. The van der Waals surface area contributed by atoms with Crippen molar-refractivity contribution in [3.05, 3.63) is 17.5 Å². The summed E-state index contributed by atoms with van der Waals surface area (Å²) in [6.07, 6.45) is -1.27. The van der Waals surface area contributed by atoms with Gasteiger partial charge in [0.05, 0.1) is 26.3 Å². The molecule has 0 aromatic carbocycles. The first kappa shape index (κ1) is 13.2. The zero-order valence-electron chi connectivity index (χ0n) is 9.84. The van der Waals surface area contributed by atoms with Gasteiger partial charge in [0, 0.05) is 7.05 Å². The third-order valence-corrected chi connectivity index (χ3v) is 2.24. The largest absolute Gasteiger partial charge is 0.469 e. The summed E-state index contributed by atoms with van der Waals surface area (Å²) in [5.41, 5.74) is 0.421. The summed E-state index contributed by atoms with van der Waals surface area (Å²) < 4.78 is 10.3. The predicted octanol–water partition coefficient (Wildman–Crippen LogP) is -0.197. The minimum Gasteiger partial charge on any atom is -0.469 e. The van der Waals surface area contributed by atoms with Crippen LogP contribution in [0.3, 0.4) is 0 Å². The molecule has 94 valence electrons. The van der Waals surface area contributed by atoms with Gasteiger partial charge >= 0.3 is 11.9 Å². The number of rotatable bonds is 4. The first-order valence-electron chi connectivity index (χ1n) is 4.86. The Balaban J connectivity index is 2.87. The van der Waals surface area contributed by atoms with Gasteiger partial charge in [0.1, 0.15) is 6.10 Å². The number of aryl methyl sites for hydroxylation is 1. The van der Waals surface area contributed by atoms with Crippen molar-refractivity contribution < 1.29 is 24.2 Å². The topological polar surface area (TPSA) is 90.7 Å². The van der Waals surface area contributed by atoms with Gasteiger partial charge in [-0.1, -0.05) is 0 Å². The molecule has 0 spiro atoms. The Labute approximate surface area is 97.9 Å². The molecule has 1 atom stereocenters. The van der Waals surface area contributed by atoms with Gasteiger partial charge in [-0.2, -0.15) is 5.10 Å². The normalized spacial score (nSPS) is 12.0. The van der Waals surface area contributed by atoms with Crippen LogP contribution in [0.25, 0.3) is 0 Å². The van der Waals surface area contributed by atoms with E-state index in [9.17, 15) is 14.7 Å². The molecule has 1 aromatic heterocycles. The SMILES string of the molecule is COC(=O)C[C@H](O)c1cc(C(=O)OC)nn1C. The summed E-state index contributed by atoms with van der Waals surface area (Å²) in [6.45, 7) is 0. The molecule has 7 nitrogen and oxygen atoms in total. The fourth-order valence-corrected chi connectivity index (χ4v) is 1.34. The number of hydrogen-bond donors (Lipinski definition) is 1. The van der Waals surface area contributed by atoms with E-state index in [1.54, 1.807) is 7.05 Å². The molecule has 0 aliphatic heterocycles. The Kier molecular flexibility index (Phi) is 4.22. The van der Waals surface area contributed by atoms with Crippen LogP contribution < -0.4 is 0 Å². The maximum absolute atomic E-state index is 11.2. The number of ether oxygens (including phenoxy) is 2. The lowest BCUT2D eigenvalue weighted by atomic mass is 10.2. The molecular weight excluding hydrogens is 228 g/mol. The third kappa shape index (κ3) is 3.04. The van der Waals surface area contributed by atoms with Crippen LogP contribution in [0.2, 0.25) is 0 Å². The molecule has 1 heterocycles. The van der Waals surface area contributed by atoms with E-state index < -0.39 is 18.0 Å². The second-order valence-electron chi connectivity index (χ2n) is 3.37. The lowest BCUT2D eigenvalue weighted by Crippen LogP contribution is -2.11. The van der Waals surface area contributed by atoms with Crippen molar-refractivity contribution in [3.8, 4) is 0 Å². The lowest BCUT2D eigenvalue weighted by molar-refractivity contribution is -0.143. The Morgan fingerprint density at radius 1 is 1.47 bits per heavy atom. The number of methoxy groups -OCH3 is 2. The van der Waals surface area contributed by atoms with Gasteiger partial charge in [-0.05, 0) is 6.07 Å². The molecule has 1 aromatic rings. The maximum atomic E-state index is 11.2. The van der Waals surface area contributed by atoms with Crippen LogP contribution in [0.15, 0.2) is 6.07 Å². The summed E-state index contributed by atoms with van der Waals surface area (Å²) in [4.78, 5) is 22.2. The first-order chi connectivity index (χ1) is 7.99. The maximum Gasteiger partial charge on any atom is 0.358 e. The van der Waals surface area contributed by atoms with E-state index in [4.69, 9.17) is 0 Å². The second-order valence-corrected chi connectivity index (χ2v) is 3.37. The van der Waals surface area contributed by atoms with Gasteiger partial charge in [-0.3, -0.25) is 9.48 Å². The van der Waals surface area contributed by atoms with E-state index in [0.717, 1.165) is 0 Å². The lowest BCUT2D eigenvalue weighted by Gasteiger charge is -2.08. The quantitative estimate of drug-likeness (QED) is 0.735. The number of nitrogens with zero attached hydrogens (tertiary/aromatic N) is 2. The van der Waals surface area contributed by atoms with Crippen LogP contribution in [0.5, 0.6) is 0 Å². The summed E-state index contributed by atoms with van der Waals surface area (Å²) in [7, 11) is 4.03. The zero-order chi connectivity index (χ0) is 13.0. The highest BCUT2D eigenvalue weighted by molar-refractivity contribution is 5.87. The van der Waals surface area contributed by atoms with Crippen molar-refractivity contribution in [3.63, 3.8) is 0 Å². The van der Waals surface area contributed by atoms with E-state index in [1.807, 2.05) is 0 Å². The van der Waals surface area contributed by atoms with E-state index >= 15 is 0 Å². The Bertz CT molecular complexity index is 426. The molecule has 17 heavy (non-hydrogen) atoms. The van der Waals surface area contributed by atoms with Crippen molar-refractivity contribution in [2.75, 3.05) is 14.2 Å². The van der Waals surface area contributed by atoms with Crippen LogP contribution in [0, 0.1) is 0 Å². The van der Waals surface area contributed by atoms with Crippen LogP contribution in [-0.4, -0.2) is 41.0 Å². The molecule has 0 radical (unpaired) electrons. The fraction of sp³-hybridized carbons (Fsp3) is 0.500. The first-order valence-corrected chi connectivity index (χ1v) is 4.86. The number of carbonyl (C=O) groups is 2. The molecule has 0 aliphatic carbocycles. The molecule has 7 heteroatoms. The average molecular weight is 242 g/mol. The van der Waals surface area contributed by atoms with Crippen molar-refractivity contribution in [1.29, 1.82) is 0 Å². The summed E-state index contributed by atoms with van der Waals surface area (Å²) in [6, 6.07) is 1.37. The summed E-state index contributed by atoms with van der Waals surface area (Å²) >= 11 is 0. The molecular formula is C10H14N2O5. The number of aliphatic hydroxyl groups is 1. The molecule has 0 saturated heterocycles. The van der Waals surface area contributed by atoms with Crippen LogP contribution >= 0.6 is 0 Å². The zero-order valence-corrected chi connectivity index (χ0v) is 9.84. The van der Waals surface area contributed by atoms with Gasteiger partial charge in [0.25, 0.3) is 0 Å². The van der Waals surface area contributed by atoms with E-state index in [2.05, 4.69) is 14.6 Å². The highest BCUT2D eigenvalue weighted by Gasteiger charge is 2.20. The highest BCUT2D eigenvalue weighted by atomic mass is 16.5. The molecule has 0 aliphatic rings. The van der Waals surface area contributed by atoms with E-state index in [1.165, 1.54) is 25.0 Å². The molecule has 1 N–H and O–H groups in total. The van der Waals surface area contributed by atoms with E-state index in [0.29, 0.717) is 5.69 Å². The van der Waals surface area contributed by atoms with Crippen molar-refractivity contribution in [2.24, 2.45) is 7.05 Å². The Morgan fingerprint density at radius 3 is 2.65 bits per heavy atom. The number of esters is 2. The molecule has 0 bridgehead atoms. The highest BCUT2D eigenvalue weighted by Crippen LogP contribution is 2.18. The summed E-state index contributed by atoms with van der Waals surface area (Å²) in [5.74, 6) is -1.14. The van der Waals surface area contributed by atoms with Crippen molar-refractivity contribution in [1.82, 2.24) is 9.78 Å². The van der Waals surface area contributed by atoms with Gasteiger partial charge < -0.3 is 14.6 Å². The molecule has 0 unspecified atom stereocenters. The minimum atomic E-state index is -1.07. The minimum absolute atomic E-state index is 0.0777. The number of hydrogen-bond acceptors (Lipinski definition) is 6. The predicted molar refractivity (Wildman–Crippen MR) is 56.1 cm³/mol. The second kappa shape index (κ2) is 5.44. The molecule has 0 amide bonds. The average Bonchev–Trinajstić information content (AvgIpc) is 2.70. The molecule has 1 rings (SSSR count).